The fraction of sp³-hybridized carbons (Fsp3) is 0.250. The molecular weight excluding hydrogens is 142 g/mol. The maximum Gasteiger partial charge on any atom is 0.153 e. The molecule has 3 nitrogen and oxygen atoms in total. The smallest absolute Gasteiger partial charge is 0.153 e. The summed E-state index contributed by atoms with van der Waals surface area (Å²) in [5.74, 6) is 0. The molecule has 1 aromatic heterocycles. The van der Waals surface area contributed by atoms with E-state index in [1.165, 1.54) is 7.11 Å². The van der Waals surface area contributed by atoms with E-state index in [0.717, 1.165) is 11.8 Å². The summed E-state index contributed by atoms with van der Waals surface area (Å²) in [5.41, 5.74) is 0.782. The predicted octanol–water partition coefficient (Wildman–Crippen LogP) is 0.968. The van der Waals surface area contributed by atoms with Crippen molar-refractivity contribution in [2.24, 2.45) is 0 Å². The van der Waals surface area contributed by atoms with E-state index < -0.39 is 6.10 Å². The maximum absolute atomic E-state index is 10.4. The molecule has 58 valence electrons. The zero-order valence-corrected chi connectivity index (χ0v) is 6.23. The average Bonchev–Trinajstić information content (AvgIpc) is 2.09. The zero-order chi connectivity index (χ0) is 8.10. The molecule has 0 aromatic carbocycles. The first-order chi connectivity index (χ1) is 5.38. The molecule has 1 atom stereocenters. The highest BCUT2D eigenvalue weighted by Crippen LogP contribution is 2.10. The number of carbonyl (C=O) groups is 1. The van der Waals surface area contributed by atoms with Crippen LogP contribution >= 0.6 is 0 Å². The second-order valence-corrected chi connectivity index (χ2v) is 2.08. The molecule has 1 rings (SSSR count). The van der Waals surface area contributed by atoms with Crippen LogP contribution in [0, 0.1) is 0 Å². The lowest BCUT2D eigenvalue weighted by Gasteiger charge is -2.05. The number of pyridine rings is 1. The largest absolute Gasteiger partial charge is 0.369 e. The Kier molecular flexibility index (Phi) is 2.74. The third kappa shape index (κ3) is 1.85. The molecule has 0 saturated carbocycles. The number of hydrogen-bond donors (Lipinski definition) is 0. The Bertz CT molecular complexity index is 223. The molecule has 11 heavy (non-hydrogen) atoms. The van der Waals surface area contributed by atoms with E-state index in [1.54, 1.807) is 24.5 Å². The summed E-state index contributed by atoms with van der Waals surface area (Å²) in [5, 5.41) is 0. The van der Waals surface area contributed by atoms with Crippen LogP contribution in [0.25, 0.3) is 0 Å². The minimum Gasteiger partial charge on any atom is -0.369 e. The summed E-state index contributed by atoms with van der Waals surface area (Å²) in [6, 6.07) is 3.57. The van der Waals surface area contributed by atoms with Crippen molar-refractivity contribution in [3.8, 4) is 0 Å². The van der Waals surface area contributed by atoms with Crippen molar-refractivity contribution in [1.82, 2.24) is 4.98 Å². The standard InChI is InChI=1S/C8H9NO2/c1-11-8(6-10)7-3-2-4-9-5-7/h2-6,8H,1H3. The number of ether oxygens (including phenoxy) is 1. The molecule has 0 amide bonds. The van der Waals surface area contributed by atoms with Gasteiger partial charge in [0.1, 0.15) is 6.10 Å². The van der Waals surface area contributed by atoms with Gasteiger partial charge in [-0.3, -0.25) is 4.98 Å². The van der Waals surface area contributed by atoms with Crippen molar-refractivity contribution in [3.63, 3.8) is 0 Å². The van der Waals surface area contributed by atoms with Crippen LogP contribution < -0.4 is 0 Å². The third-order valence-electron chi connectivity index (χ3n) is 1.39. The van der Waals surface area contributed by atoms with E-state index >= 15 is 0 Å². The van der Waals surface area contributed by atoms with Crippen molar-refractivity contribution in [2.45, 2.75) is 6.10 Å². The van der Waals surface area contributed by atoms with Crippen LogP contribution in [0.3, 0.4) is 0 Å². The lowest BCUT2D eigenvalue weighted by molar-refractivity contribution is -0.116. The second-order valence-electron chi connectivity index (χ2n) is 2.08. The van der Waals surface area contributed by atoms with Gasteiger partial charge in [-0.25, -0.2) is 0 Å². The number of carbonyl (C=O) groups excluding carboxylic acids is 1. The minimum absolute atomic E-state index is 0.483. The number of aldehydes is 1. The van der Waals surface area contributed by atoms with Crippen molar-refractivity contribution in [1.29, 1.82) is 0 Å². The van der Waals surface area contributed by atoms with E-state index in [2.05, 4.69) is 4.98 Å². The summed E-state index contributed by atoms with van der Waals surface area (Å²) in [6.07, 6.45) is 3.53. The number of hydrogen-bond acceptors (Lipinski definition) is 3. The van der Waals surface area contributed by atoms with Gasteiger partial charge in [-0.1, -0.05) is 6.07 Å². The lowest BCUT2D eigenvalue weighted by Crippen LogP contribution is -2.02. The van der Waals surface area contributed by atoms with Crippen LogP contribution in [0.2, 0.25) is 0 Å². The molecule has 0 aliphatic carbocycles. The van der Waals surface area contributed by atoms with E-state index in [0.29, 0.717) is 0 Å². The molecule has 1 aromatic rings. The highest BCUT2D eigenvalue weighted by molar-refractivity contribution is 5.59. The van der Waals surface area contributed by atoms with Crippen LogP contribution in [0.15, 0.2) is 24.5 Å². The first kappa shape index (κ1) is 7.88. The summed E-state index contributed by atoms with van der Waals surface area (Å²) < 4.78 is 4.88. The Balaban J connectivity index is 2.82. The molecule has 1 heterocycles. The highest BCUT2D eigenvalue weighted by atomic mass is 16.5. The fourth-order valence-electron chi connectivity index (χ4n) is 0.814. The van der Waals surface area contributed by atoms with Gasteiger partial charge in [0.25, 0.3) is 0 Å². The van der Waals surface area contributed by atoms with E-state index in [4.69, 9.17) is 4.74 Å². The van der Waals surface area contributed by atoms with Gasteiger partial charge < -0.3 is 9.53 Å². The van der Waals surface area contributed by atoms with E-state index in [-0.39, 0.29) is 0 Å². The van der Waals surface area contributed by atoms with Crippen molar-refractivity contribution >= 4 is 6.29 Å². The predicted molar refractivity (Wildman–Crippen MR) is 40.1 cm³/mol. The molecule has 0 fully saturated rings. The van der Waals surface area contributed by atoms with Gasteiger partial charge >= 0.3 is 0 Å². The topological polar surface area (TPSA) is 39.2 Å². The Hall–Kier alpha value is -1.22. The van der Waals surface area contributed by atoms with E-state index in [9.17, 15) is 4.79 Å². The van der Waals surface area contributed by atoms with Crippen LogP contribution in [-0.2, 0) is 9.53 Å². The van der Waals surface area contributed by atoms with Gasteiger partial charge in [-0.05, 0) is 6.07 Å². The molecule has 3 heteroatoms. The molecule has 0 N–H and O–H groups in total. The van der Waals surface area contributed by atoms with Crippen molar-refractivity contribution in [3.05, 3.63) is 30.1 Å². The monoisotopic (exact) mass is 151 g/mol. The minimum atomic E-state index is -0.483. The second kappa shape index (κ2) is 3.83. The first-order valence-electron chi connectivity index (χ1n) is 3.26. The molecule has 0 spiro atoms. The SMILES string of the molecule is COC(C=O)c1cccnc1. The van der Waals surface area contributed by atoms with Gasteiger partial charge in [0.2, 0.25) is 0 Å². The summed E-state index contributed by atoms with van der Waals surface area (Å²) in [7, 11) is 1.49. The van der Waals surface area contributed by atoms with E-state index in [1.807, 2.05) is 0 Å². The molecule has 0 aliphatic rings. The van der Waals surface area contributed by atoms with Gasteiger partial charge in [0, 0.05) is 25.1 Å². The highest BCUT2D eigenvalue weighted by Gasteiger charge is 2.06. The van der Waals surface area contributed by atoms with Crippen molar-refractivity contribution < 1.29 is 9.53 Å². The molecular formula is C8H9NO2. The van der Waals surface area contributed by atoms with Crippen LogP contribution in [0.4, 0.5) is 0 Å². The Morgan fingerprint density at radius 2 is 2.55 bits per heavy atom. The number of methoxy groups -OCH3 is 1. The molecule has 1 unspecified atom stereocenters. The number of aromatic nitrogens is 1. The van der Waals surface area contributed by atoms with Gasteiger partial charge in [-0.15, -0.1) is 0 Å². The fourth-order valence-corrected chi connectivity index (χ4v) is 0.814. The number of nitrogens with zero attached hydrogens (tertiary/aromatic N) is 1. The first-order valence-corrected chi connectivity index (χ1v) is 3.26. The van der Waals surface area contributed by atoms with Crippen LogP contribution in [0.5, 0.6) is 0 Å². The summed E-state index contributed by atoms with van der Waals surface area (Å²) >= 11 is 0. The third-order valence-corrected chi connectivity index (χ3v) is 1.39. The van der Waals surface area contributed by atoms with Gasteiger partial charge in [0.05, 0.1) is 0 Å². The molecule has 0 bridgehead atoms. The lowest BCUT2D eigenvalue weighted by atomic mass is 10.2. The Labute approximate surface area is 65.0 Å². The van der Waals surface area contributed by atoms with Crippen molar-refractivity contribution in [2.75, 3.05) is 7.11 Å². The quantitative estimate of drug-likeness (QED) is 0.604. The molecule has 0 radical (unpaired) electrons. The van der Waals surface area contributed by atoms with Crippen LogP contribution in [0.1, 0.15) is 11.7 Å². The Morgan fingerprint density at radius 3 is 3.00 bits per heavy atom. The summed E-state index contributed by atoms with van der Waals surface area (Å²) in [4.78, 5) is 14.2. The normalized spacial score (nSPS) is 12.5. The van der Waals surface area contributed by atoms with Gasteiger partial charge in [-0.2, -0.15) is 0 Å². The van der Waals surface area contributed by atoms with Crippen LogP contribution in [-0.4, -0.2) is 18.4 Å². The molecule has 0 saturated heterocycles. The Morgan fingerprint density at radius 1 is 1.73 bits per heavy atom. The maximum atomic E-state index is 10.4. The zero-order valence-electron chi connectivity index (χ0n) is 6.23. The summed E-state index contributed by atoms with van der Waals surface area (Å²) in [6.45, 7) is 0. The molecule has 0 aliphatic heterocycles. The van der Waals surface area contributed by atoms with Gasteiger partial charge in [0.15, 0.2) is 6.29 Å². The average molecular weight is 151 g/mol. The number of rotatable bonds is 3.